The van der Waals surface area contributed by atoms with Crippen molar-refractivity contribution in [1.29, 1.82) is 0 Å². The van der Waals surface area contributed by atoms with E-state index in [0.29, 0.717) is 28.1 Å². The van der Waals surface area contributed by atoms with Gasteiger partial charge in [-0.2, -0.15) is 0 Å². The first-order chi connectivity index (χ1) is 9.13. The number of aliphatic hydroxyl groups is 1. The third-order valence-electron chi connectivity index (χ3n) is 2.91. The molecule has 1 rings (SSSR count). The van der Waals surface area contributed by atoms with Crippen molar-refractivity contribution in [3.05, 3.63) is 22.2 Å². The summed E-state index contributed by atoms with van der Waals surface area (Å²) in [6.45, 7) is 5.58. The van der Waals surface area contributed by atoms with Crippen LogP contribution in [-0.2, 0) is 10.0 Å². The Morgan fingerprint density at radius 3 is 2.55 bits per heavy atom. The standard InChI is InChI=1S/C13H21BrN2O3S/c1-8(2)4-11(17)7-16-20(18,19)13-6-10(14)5-12(15)9(13)3/h5-6,8,11,16-17H,4,7,15H2,1-3H3. The van der Waals surface area contributed by atoms with Gasteiger partial charge in [0.05, 0.1) is 11.0 Å². The van der Waals surface area contributed by atoms with Crippen molar-refractivity contribution in [2.45, 2.75) is 38.2 Å². The molecule has 0 saturated heterocycles. The van der Waals surface area contributed by atoms with Gasteiger partial charge in [0.2, 0.25) is 10.0 Å². The lowest BCUT2D eigenvalue weighted by Crippen LogP contribution is -2.33. The maximum Gasteiger partial charge on any atom is 0.241 e. The van der Waals surface area contributed by atoms with Crippen LogP contribution in [0.25, 0.3) is 0 Å². The average Bonchev–Trinajstić information content (AvgIpc) is 2.30. The van der Waals surface area contributed by atoms with Crippen LogP contribution in [-0.4, -0.2) is 26.2 Å². The van der Waals surface area contributed by atoms with E-state index in [-0.39, 0.29) is 11.4 Å². The smallest absolute Gasteiger partial charge is 0.241 e. The second-order valence-electron chi connectivity index (χ2n) is 5.25. The molecule has 0 amide bonds. The molecule has 7 heteroatoms. The summed E-state index contributed by atoms with van der Waals surface area (Å²) in [6.07, 6.45) is -0.156. The highest BCUT2D eigenvalue weighted by Crippen LogP contribution is 2.26. The van der Waals surface area contributed by atoms with E-state index in [9.17, 15) is 13.5 Å². The third-order valence-corrected chi connectivity index (χ3v) is 4.91. The average molecular weight is 365 g/mol. The maximum atomic E-state index is 12.2. The van der Waals surface area contributed by atoms with Crippen LogP contribution in [0.5, 0.6) is 0 Å². The summed E-state index contributed by atoms with van der Waals surface area (Å²) in [4.78, 5) is 0.126. The number of anilines is 1. The molecule has 0 bridgehead atoms. The third kappa shape index (κ3) is 4.73. The molecule has 0 aromatic heterocycles. The van der Waals surface area contributed by atoms with Gasteiger partial charge in [0.15, 0.2) is 0 Å². The van der Waals surface area contributed by atoms with Crippen LogP contribution >= 0.6 is 15.9 Å². The molecule has 0 saturated carbocycles. The van der Waals surface area contributed by atoms with E-state index in [4.69, 9.17) is 5.73 Å². The molecule has 1 atom stereocenters. The Morgan fingerprint density at radius 1 is 1.40 bits per heavy atom. The van der Waals surface area contributed by atoms with Crippen LogP contribution in [0.3, 0.4) is 0 Å². The van der Waals surface area contributed by atoms with Gasteiger partial charge in [0, 0.05) is 16.7 Å². The number of rotatable bonds is 6. The minimum atomic E-state index is -3.69. The summed E-state index contributed by atoms with van der Waals surface area (Å²) in [7, 11) is -3.69. The van der Waals surface area contributed by atoms with Gasteiger partial charge in [-0.3, -0.25) is 0 Å². The topological polar surface area (TPSA) is 92.4 Å². The second-order valence-corrected chi connectivity index (χ2v) is 7.90. The highest BCUT2D eigenvalue weighted by Gasteiger charge is 2.20. The summed E-state index contributed by atoms with van der Waals surface area (Å²) in [5, 5.41) is 9.75. The van der Waals surface area contributed by atoms with Gasteiger partial charge < -0.3 is 10.8 Å². The van der Waals surface area contributed by atoms with E-state index in [1.807, 2.05) is 13.8 Å². The predicted molar refractivity (Wildman–Crippen MR) is 83.9 cm³/mol. The van der Waals surface area contributed by atoms with Crippen molar-refractivity contribution in [1.82, 2.24) is 4.72 Å². The molecular weight excluding hydrogens is 344 g/mol. The molecular formula is C13H21BrN2O3S. The number of hydrogen-bond donors (Lipinski definition) is 3. The van der Waals surface area contributed by atoms with E-state index >= 15 is 0 Å². The van der Waals surface area contributed by atoms with Crippen molar-refractivity contribution >= 4 is 31.6 Å². The first-order valence-corrected chi connectivity index (χ1v) is 8.64. The number of halogens is 1. The van der Waals surface area contributed by atoms with Gasteiger partial charge in [-0.25, -0.2) is 13.1 Å². The molecule has 20 heavy (non-hydrogen) atoms. The Balaban J connectivity index is 2.90. The molecule has 114 valence electrons. The molecule has 0 heterocycles. The number of sulfonamides is 1. The van der Waals surface area contributed by atoms with E-state index < -0.39 is 16.1 Å². The lowest BCUT2D eigenvalue weighted by molar-refractivity contribution is 0.152. The molecule has 1 unspecified atom stereocenters. The molecule has 1 aromatic carbocycles. The van der Waals surface area contributed by atoms with Gasteiger partial charge in [0.25, 0.3) is 0 Å². The van der Waals surface area contributed by atoms with Crippen molar-refractivity contribution in [2.75, 3.05) is 12.3 Å². The lowest BCUT2D eigenvalue weighted by Gasteiger charge is -2.15. The molecule has 0 aliphatic carbocycles. The highest BCUT2D eigenvalue weighted by molar-refractivity contribution is 9.10. The molecule has 0 aliphatic rings. The van der Waals surface area contributed by atoms with Gasteiger partial charge in [-0.15, -0.1) is 0 Å². The molecule has 0 aliphatic heterocycles. The van der Waals surface area contributed by atoms with Crippen LogP contribution < -0.4 is 10.5 Å². The van der Waals surface area contributed by atoms with Gasteiger partial charge in [0.1, 0.15) is 0 Å². The van der Waals surface area contributed by atoms with Crippen molar-refractivity contribution in [3.8, 4) is 0 Å². The van der Waals surface area contributed by atoms with Crippen LogP contribution in [0.2, 0.25) is 0 Å². The fourth-order valence-electron chi connectivity index (χ4n) is 1.86. The Hall–Kier alpha value is -0.630. The van der Waals surface area contributed by atoms with Gasteiger partial charge in [-0.1, -0.05) is 29.8 Å². The molecule has 0 spiro atoms. The Labute approximate surface area is 128 Å². The van der Waals surface area contributed by atoms with Crippen molar-refractivity contribution in [2.24, 2.45) is 5.92 Å². The van der Waals surface area contributed by atoms with E-state index in [0.717, 1.165) is 0 Å². The second kappa shape index (κ2) is 6.89. The quantitative estimate of drug-likeness (QED) is 0.673. The summed E-state index contributed by atoms with van der Waals surface area (Å²) < 4.78 is 27.5. The van der Waals surface area contributed by atoms with Gasteiger partial charge in [-0.05, 0) is 37.0 Å². The van der Waals surface area contributed by atoms with Gasteiger partial charge >= 0.3 is 0 Å². The summed E-state index contributed by atoms with van der Waals surface area (Å²) in [6, 6.07) is 3.16. The van der Waals surface area contributed by atoms with E-state index in [1.54, 1.807) is 13.0 Å². The largest absolute Gasteiger partial charge is 0.398 e. The monoisotopic (exact) mass is 364 g/mol. The normalized spacial score (nSPS) is 13.7. The zero-order valence-corrected chi connectivity index (χ0v) is 14.3. The summed E-state index contributed by atoms with van der Waals surface area (Å²) in [5.41, 5.74) is 6.67. The van der Waals surface area contributed by atoms with Crippen LogP contribution in [0.4, 0.5) is 5.69 Å². The number of benzene rings is 1. The Kier molecular flexibility index (Phi) is 6.00. The molecule has 4 N–H and O–H groups in total. The first kappa shape index (κ1) is 17.4. The highest BCUT2D eigenvalue weighted by atomic mass is 79.9. The molecule has 0 fully saturated rings. The zero-order chi connectivity index (χ0) is 15.5. The fourth-order valence-corrected chi connectivity index (χ4v) is 3.86. The predicted octanol–water partition coefficient (Wildman–Crippen LogP) is 2.03. The first-order valence-electron chi connectivity index (χ1n) is 6.37. The zero-order valence-electron chi connectivity index (χ0n) is 11.9. The number of nitrogen functional groups attached to an aromatic ring is 1. The number of nitrogens with two attached hydrogens (primary N) is 1. The minimum absolute atomic E-state index is 0.00757. The Bertz CT molecular complexity index is 573. The molecule has 0 radical (unpaired) electrons. The van der Waals surface area contributed by atoms with E-state index in [2.05, 4.69) is 20.7 Å². The summed E-state index contributed by atoms with van der Waals surface area (Å²) in [5.74, 6) is 0.303. The SMILES string of the molecule is Cc1c(N)cc(Br)cc1S(=O)(=O)NCC(O)CC(C)C. The minimum Gasteiger partial charge on any atom is -0.398 e. The summed E-state index contributed by atoms with van der Waals surface area (Å²) >= 11 is 3.23. The number of hydrogen-bond acceptors (Lipinski definition) is 4. The lowest BCUT2D eigenvalue weighted by atomic mass is 10.1. The maximum absolute atomic E-state index is 12.2. The van der Waals surface area contributed by atoms with Crippen molar-refractivity contribution < 1.29 is 13.5 Å². The van der Waals surface area contributed by atoms with Crippen LogP contribution in [0.1, 0.15) is 25.8 Å². The Morgan fingerprint density at radius 2 is 2.00 bits per heavy atom. The molecule has 1 aromatic rings. The van der Waals surface area contributed by atoms with E-state index in [1.165, 1.54) is 6.07 Å². The van der Waals surface area contributed by atoms with Crippen molar-refractivity contribution in [3.63, 3.8) is 0 Å². The van der Waals surface area contributed by atoms with Crippen LogP contribution in [0.15, 0.2) is 21.5 Å². The number of aliphatic hydroxyl groups excluding tert-OH is 1. The number of nitrogens with one attached hydrogen (secondary N) is 1. The fraction of sp³-hybridized carbons (Fsp3) is 0.538. The molecule has 5 nitrogen and oxygen atoms in total. The van der Waals surface area contributed by atoms with Crippen LogP contribution in [0, 0.1) is 12.8 Å².